The molecule has 1 N–H and O–H groups in total. The number of rotatable bonds is 5. The van der Waals surface area contributed by atoms with Gasteiger partial charge in [-0.3, -0.25) is 4.90 Å². The van der Waals surface area contributed by atoms with E-state index in [0.717, 1.165) is 24.8 Å². The van der Waals surface area contributed by atoms with Gasteiger partial charge in [-0.15, -0.1) is 0 Å². The highest BCUT2D eigenvalue weighted by Crippen LogP contribution is 2.27. The molecule has 2 rings (SSSR count). The van der Waals surface area contributed by atoms with Crippen LogP contribution in [0.4, 0.5) is 4.79 Å². The van der Waals surface area contributed by atoms with Crippen LogP contribution in [0.3, 0.4) is 0 Å². The normalized spacial score (nSPS) is 17.6. The summed E-state index contributed by atoms with van der Waals surface area (Å²) in [7, 11) is 5.20. The maximum atomic E-state index is 11.9. The first-order valence-corrected chi connectivity index (χ1v) is 8.34. The van der Waals surface area contributed by atoms with Gasteiger partial charge in [-0.05, 0) is 49.5 Å². The zero-order valence-corrected chi connectivity index (χ0v) is 14.7. The standard InChI is InChI=1S/C18H29N3O2/c1-14-9-11-21(12-10-14)17(13-19-18(22)20(2)3)15-5-7-16(23-4)8-6-15/h5-8,14,17H,9-13H2,1-4H3,(H,19,22). The Kier molecular flexibility index (Phi) is 6.28. The third kappa shape index (κ3) is 4.86. The summed E-state index contributed by atoms with van der Waals surface area (Å²) in [6.07, 6.45) is 2.43. The molecule has 5 heteroatoms. The zero-order chi connectivity index (χ0) is 16.8. The monoisotopic (exact) mass is 319 g/mol. The fraction of sp³-hybridized carbons (Fsp3) is 0.611. The first kappa shape index (κ1) is 17.6. The largest absolute Gasteiger partial charge is 0.497 e. The third-order valence-corrected chi connectivity index (χ3v) is 4.61. The molecule has 0 aromatic heterocycles. The van der Waals surface area contributed by atoms with Gasteiger partial charge in [0.05, 0.1) is 13.2 Å². The quantitative estimate of drug-likeness (QED) is 0.907. The van der Waals surface area contributed by atoms with Gasteiger partial charge < -0.3 is 15.0 Å². The number of piperidine rings is 1. The van der Waals surface area contributed by atoms with Crippen molar-refractivity contribution in [3.63, 3.8) is 0 Å². The van der Waals surface area contributed by atoms with Gasteiger partial charge >= 0.3 is 6.03 Å². The molecule has 1 aliphatic heterocycles. The Hall–Kier alpha value is -1.75. The van der Waals surface area contributed by atoms with Gasteiger partial charge in [-0.2, -0.15) is 0 Å². The van der Waals surface area contributed by atoms with Crippen LogP contribution in [0.1, 0.15) is 31.4 Å². The average Bonchev–Trinajstić information content (AvgIpc) is 2.56. The van der Waals surface area contributed by atoms with Crippen LogP contribution < -0.4 is 10.1 Å². The highest BCUT2D eigenvalue weighted by Gasteiger charge is 2.25. The van der Waals surface area contributed by atoms with Gasteiger partial charge in [-0.25, -0.2) is 4.79 Å². The van der Waals surface area contributed by atoms with Crippen LogP contribution in [0.2, 0.25) is 0 Å². The summed E-state index contributed by atoms with van der Waals surface area (Å²) in [5.74, 6) is 1.65. The summed E-state index contributed by atoms with van der Waals surface area (Å²) >= 11 is 0. The van der Waals surface area contributed by atoms with Crippen molar-refractivity contribution in [2.75, 3.05) is 40.8 Å². The van der Waals surface area contributed by atoms with Gasteiger partial charge in [0.25, 0.3) is 0 Å². The summed E-state index contributed by atoms with van der Waals surface area (Å²) in [6.45, 7) is 5.09. The fourth-order valence-corrected chi connectivity index (χ4v) is 2.97. The molecule has 0 bridgehead atoms. The van der Waals surface area contributed by atoms with Crippen LogP contribution in [0, 0.1) is 5.92 Å². The number of likely N-dealkylation sites (tertiary alicyclic amines) is 1. The Morgan fingerprint density at radius 3 is 2.43 bits per heavy atom. The van der Waals surface area contributed by atoms with E-state index in [1.54, 1.807) is 26.1 Å². The van der Waals surface area contributed by atoms with Crippen molar-refractivity contribution in [1.29, 1.82) is 0 Å². The van der Waals surface area contributed by atoms with E-state index in [9.17, 15) is 4.79 Å². The summed E-state index contributed by atoms with van der Waals surface area (Å²) in [4.78, 5) is 15.9. The van der Waals surface area contributed by atoms with E-state index in [0.29, 0.717) is 6.54 Å². The van der Waals surface area contributed by atoms with E-state index < -0.39 is 0 Å². The third-order valence-electron chi connectivity index (χ3n) is 4.61. The Morgan fingerprint density at radius 2 is 1.91 bits per heavy atom. The molecule has 1 unspecified atom stereocenters. The van der Waals surface area contributed by atoms with E-state index in [1.807, 2.05) is 12.1 Å². The number of hydrogen-bond donors (Lipinski definition) is 1. The number of urea groups is 1. The molecule has 128 valence electrons. The minimum Gasteiger partial charge on any atom is -0.497 e. The Labute approximate surface area is 139 Å². The second-order valence-electron chi connectivity index (χ2n) is 6.59. The minimum absolute atomic E-state index is 0.0473. The molecular weight excluding hydrogens is 290 g/mol. The van der Waals surface area contributed by atoms with E-state index in [4.69, 9.17) is 4.74 Å². The lowest BCUT2D eigenvalue weighted by Gasteiger charge is -2.37. The molecule has 1 aromatic carbocycles. The Morgan fingerprint density at radius 1 is 1.30 bits per heavy atom. The van der Waals surface area contributed by atoms with Crippen molar-refractivity contribution in [1.82, 2.24) is 15.1 Å². The van der Waals surface area contributed by atoms with Crippen LogP contribution in [0.5, 0.6) is 5.75 Å². The molecule has 1 aromatic rings. The molecule has 0 saturated carbocycles. The SMILES string of the molecule is COc1ccc(C(CNC(=O)N(C)C)N2CCC(C)CC2)cc1. The first-order valence-electron chi connectivity index (χ1n) is 8.34. The van der Waals surface area contributed by atoms with Crippen LogP contribution in [0.25, 0.3) is 0 Å². The van der Waals surface area contributed by atoms with Gasteiger partial charge in [0.15, 0.2) is 0 Å². The van der Waals surface area contributed by atoms with E-state index in [1.165, 1.54) is 18.4 Å². The van der Waals surface area contributed by atoms with Crippen LogP contribution >= 0.6 is 0 Å². The predicted octanol–water partition coefficient (Wildman–Crippen LogP) is 2.74. The summed E-state index contributed by atoms with van der Waals surface area (Å²) in [5.41, 5.74) is 1.22. The molecular formula is C18H29N3O2. The molecule has 0 spiro atoms. The number of nitrogens with zero attached hydrogens (tertiary/aromatic N) is 2. The van der Waals surface area contributed by atoms with Gasteiger partial charge in [0.2, 0.25) is 0 Å². The van der Waals surface area contributed by atoms with E-state index >= 15 is 0 Å². The second kappa shape index (κ2) is 8.20. The molecule has 0 aliphatic carbocycles. The van der Waals surface area contributed by atoms with E-state index in [-0.39, 0.29) is 12.1 Å². The van der Waals surface area contributed by atoms with Crippen molar-refractivity contribution in [3.05, 3.63) is 29.8 Å². The summed E-state index contributed by atoms with van der Waals surface area (Å²) in [6, 6.07) is 8.34. The molecule has 1 fully saturated rings. The molecule has 5 nitrogen and oxygen atoms in total. The number of carbonyl (C=O) groups is 1. The van der Waals surface area contributed by atoms with Crippen LogP contribution in [-0.4, -0.2) is 56.7 Å². The Balaban J connectivity index is 2.11. The van der Waals surface area contributed by atoms with Crippen molar-refractivity contribution < 1.29 is 9.53 Å². The molecule has 0 radical (unpaired) electrons. The van der Waals surface area contributed by atoms with Crippen molar-refractivity contribution in [3.8, 4) is 5.75 Å². The molecule has 1 atom stereocenters. The smallest absolute Gasteiger partial charge is 0.316 e. The zero-order valence-electron chi connectivity index (χ0n) is 14.7. The summed E-state index contributed by atoms with van der Waals surface area (Å²) in [5, 5.41) is 3.03. The number of benzene rings is 1. The van der Waals surface area contributed by atoms with Crippen molar-refractivity contribution in [2.45, 2.75) is 25.8 Å². The van der Waals surface area contributed by atoms with Crippen molar-refractivity contribution in [2.24, 2.45) is 5.92 Å². The van der Waals surface area contributed by atoms with Gasteiger partial charge in [-0.1, -0.05) is 19.1 Å². The van der Waals surface area contributed by atoms with E-state index in [2.05, 4.69) is 29.3 Å². The molecule has 2 amide bonds. The average molecular weight is 319 g/mol. The second-order valence-corrected chi connectivity index (χ2v) is 6.59. The fourth-order valence-electron chi connectivity index (χ4n) is 2.97. The molecule has 23 heavy (non-hydrogen) atoms. The van der Waals surface area contributed by atoms with Gasteiger partial charge in [0, 0.05) is 20.6 Å². The van der Waals surface area contributed by atoms with Crippen molar-refractivity contribution >= 4 is 6.03 Å². The molecule has 1 aliphatic rings. The lowest BCUT2D eigenvalue weighted by molar-refractivity contribution is 0.134. The highest BCUT2D eigenvalue weighted by atomic mass is 16.5. The van der Waals surface area contributed by atoms with Crippen LogP contribution in [-0.2, 0) is 0 Å². The first-order chi connectivity index (χ1) is 11.0. The lowest BCUT2D eigenvalue weighted by atomic mass is 9.95. The highest BCUT2D eigenvalue weighted by molar-refractivity contribution is 5.73. The maximum Gasteiger partial charge on any atom is 0.316 e. The summed E-state index contributed by atoms with van der Waals surface area (Å²) < 4.78 is 5.25. The number of hydrogen-bond acceptors (Lipinski definition) is 3. The van der Waals surface area contributed by atoms with Gasteiger partial charge in [0.1, 0.15) is 5.75 Å². The van der Waals surface area contributed by atoms with Crippen LogP contribution in [0.15, 0.2) is 24.3 Å². The number of amides is 2. The predicted molar refractivity (Wildman–Crippen MR) is 92.8 cm³/mol. The number of carbonyl (C=O) groups excluding carboxylic acids is 1. The Bertz CT molecular complexity index is 493. The topological polar surface area (TPSA) is 44.8 Å². The number of nitrogens with one attached hydrogen (secondary N) is 1. The number of methoxy groups -OCH3 is 1. The maximum absolute atomic E-state index is 11.9. The lowest BCUT2D eigenvalue weighted by Crippen LogP contribution is -2.44. The minimum atomic E-state index is -0.0473. The number of ether oxygens (including phenoxy) is 1. The molecule has 1 saturated heterocycles. The molecule has 1 heterocycles.